The second-order valence-electron chi connectivity index (χ2n) is 13.7. The van der Waals surface area contributed by atoms with E-state index in [1.54, 1.807) is 0 Å². The Morgan fingerprint density at radius 1 is 0.525 bits per heavy atom. The molecule has 218 valence electrons. The lowest BCUT2D eigenvalue weighted by Gasteiger charge is -2.36. The number of aromatic hydroxyl groups is 3. The van der Waals surface area contributed by atoms with Crippen LogP contribution in [0.2, 0.25) is 0 Å². The highest BCUT2D eigenvalue weighted by atomic mass is 16.3. The van der Waals surface area contributed by atoms with Crippen LogP contribution in [0.3, 0.4) is 0 Å². The maximum Gasteiger partial charge on any atom is 0.115 e. The third kappa shape index (κ3) is 6.51. The predicted molar refractivity (Wildman–Crippen MR) is 169 cm³/mol. The van der Waals surface area contributed by atoms with Crippen molar-refractivity contribution in [1.82, 2.24) is 0 Å². The molecule has 0 heterocycles. The first-order valence-corrected chi connectivity index (χ1v) is 15.1. The fourth-order valence-corrected chi connectivity index (χ4v) is 5.90. The number of phenolic OH excluding ortho intramolecular Hbond substituents is 3. The predicted octanol–water partition coefficient (Wildman–Crippen LogP) is 10.2. The van der Waals surface area contributed by atoms with E-state index >= 15 is 0 Å². The number of hydrogen-bond acceptors (Lipinski definition) is 3. The Labute approximate surface area is 243 Å². The average molecular weight is 545 g/mol. The van der Waals surface area contributed by atoms with Crippen molar-refractivity contribution < 1.29 is 15.3 Å². The SMILES string of the molecule is CCC(C)(C)c1cc(O)ccc1C(C)CC(c1ccc(O)cc1C(C)(C)CC)c1ccc(O)cc1C(C)(C)CC. The monoisotopic (exact) mass is 544 g/mol. The summed E-state index contributed by atoms with van der Waals surface area (Å²) in [5.41, 5.74) is 6.93. The quantitative estimate of drug-likeness (QED) is 0.225. The van der Waals surface area contributed by atoms with E-state index in [1.165, 1.54) is 33.4 Å². The van der Waals surface area contributed by atoms with Crippen molar-refractivity contribution in [1.29, 1.82) is 0 Å². The summed E-state index contributed by atoms with van der Waals surface area (Å²) >= 11 is 0. The highest BCUT2D eigenvalue weighted by molar-refractivity contribution is 5.51. The first-order chi connectivity index (χ1) is 18.6. The lowest BCUT2D eigenvalue weighted by molar-refractivity contribution is 0.450. The maximum absolute atomic E-state index is 10.6. The Bertz CT molecular complexity index is 1250. The van der Waals surface area contributed by atoms with Crippen LogP contribution in [0.1, 0.15) is 140 Å². The molecule has 0 aliphatic heterocycles. The van der Waals surface area contributed by atoms with E-state index in [-0.39, 0.29) is 39.6 Å². The molecule has 3 aromatic carbocycles. The topological polar surface area (TPSA) is 60.7 Å². The summed E-state index contributed by atoms with van der Waals surface area (Å²) < 4.78 is 0. The molecule has 0 radical (unpaired) electrons. The molecule has 3 N–H and O–H groups in total. The van der Waals surface area contributed by atoms with Gasteiger partial charge in [-0.1, -0.05) is 87.4 Å². The van der Waals surface area contributed by atoms with Crippen molar-refractivity contribution in [2.45, 2.75) is 123 Å². The lowest BCUT2D eigenvalue weighted by atomic mass is 9.68. The van der Waals surface area contributed by atoms with E-state index in [0.717, 1.165) is 25.7 Å². The van der Waals surface area contributed by atoms with Gasteiger partial charge in [-0.2, -0.15) is 0 Å². The van der Waals surface area contributed by atoms with Crippen LogP contribution in [0.15, 0.2) is 54.6 Å². The molecule has 1 atom stereocenters. The molecule has 3 rings (SSSR count). The molecule has 0 bridgehead atoms. The molecule has 3 heteroatoms. The Morgan fingerprint density at radius 2 is 0.825 bits per heavy atom. The van der Waals surface area contributed by atoms with Crippen molar-refractivity contribution in [2.24, 2.45) is 0 Å². The maximum atomic E-state index is 10.6. The van der Waals surface area contributed by atoms with Gasteiger partial charge in [0.15, 0.2) is 0 Å². The van der Waals surface area contributed by atoms with E-state index in [1.807, 2.05) is 36.4 Å². The van der Waals surface area contributed by atoms with Gasteiger partial charge in [0.1, 0.15) is 17.2 Å². The van der Waals surface area contributed by atoms with Gasteiger partial charge in [0.05, 0.1) is 0 Å². The number of rotatable bonds is 11. The van der Waals surface area contributed by atoms with E-state index < -0.39 is 0 Å². The first-order valence-electron chi connectivity index (χ1n) is 15.1. The Hall–Kier alpha value is -2.94. The molecule has 0 aliphatic rings. The summed E-state index contributed by atoms with van der Waals surface area (Å²) in [6.07, 6.45) is 3.72. The third-order valence-electron chi connectivity index (χ3n) is 9.82. The van der Waals surface area contributed by atoms with Gasteiger partial charge < -0.3 is 15.3 Å². The molecule has 0 saturated heterocycles. The molecule has 0 saturated carbocycles. The molecular weight excluding hydrogens is 492 g/mol. The van der Waals surface area contributed by atoms with Gasteiger partial charge in [-0.25, -0.2) is 0 Å². The molecule has 0 spiro atoms. The van der Waals surface area contributed by atoms with E-state index in [2.05, 4.69) is 87.4 Å². The summed E-state index contributed by atoms with van der Waals surface area (Å²) in [4.78, 5) is 0. The third-order valence-corrected chi connectivity index (χ3v) is 9.82. The molecule has 0 fully saturated rings. The zero-order chi connectivity index (χ0) is 30.0. The number of benzene rings is 3. The molecule has 0 amide bonds. The normalized spacial score (nSPS) is 13.6. The molecule has 0 aliphatic carbocycles. The van der Waals surface area contributed by atoms with Crippen LogP contribution in [-0.2, 0) is 16.2 Å². The average Bonchev–Trinajstić information content (AvgIpc) is 2.91. The van der Waals surface area contributed by atoms with Crippen LogP contribution >= 0.6 is 0 Å². The fourth-order valence-electron chi connectivity index (χ4n) is 5.90. The molecule has 3 nitrogen and oxygen atoms in total. The summed E-state index contributed by atoms with van der Waals surface area (Å²) in [6, 6.07) is 17.6. The van der Waals surface area contributed by atoms with Gasteiger partial charge in [-0.3, -0.25) is 0 Å². The molecule has 1 unspecified atom stereocenters. The second kappa shape index (κ2) is 11.9. The molecular formula is C37H52O3. The van der Waals surface area contributed by atoms with Gasteiger partial charge in [0, 0.05) is 5.92 Å². The smallest absolute Gasteiger partial charge is 0.115 e. The van der Waals surface area contributed by atoms with Crippen LogP contribution in [-0.4, -0.2) is 15.3 Å². The van der Waals surface area contributed by atoms with Gasteiger partial charge >= 0.3 is 0 Å². The van der Waals surface area contributed by atoms with Crippen molar-refractivity contribution in [3.05, 3.63) is 88.0 Å². The van der Waals surface area contributed by atoms with Gasteiger partial charge in [0.2, 0.25) is 0 Å². The van der Waals surface area contributed by atoms with E-state index in [4.69, 9.17) is 0 Å². The van der Waals surface area contributed by atoms with Crippen LogP contribution in [0.25, 0.3) is 0 Å². The van der Waals surface area contributed by atoms with E-state index in [0.29, 0.717) is 5.75 Å². The van der Waals surface area contributed by atoms with Crippen LogP contribution in [0, 0.1) is 0 Å². The van der Waals surface area contributed by atoms with Gasteiger partial charge in [-0.05, 0) is 118 Å². The minimum Gasteiger partial charge on any atom is -0.508 e. The van der Waals surface area contributed by atoms with Crippen LogP contribution in [0.5, 0.6) is 17.2 Å². The summed E-state index contributed by atoms with van der Waals surface area (Å²) in [6.45, 7) is 22.4. The lowest BCUT2D eigenvalue weighted by Crippen LogP contribution is -2.24. The fraction of sp³-hybridized carbons (Fsp3) is 0.514. The van der Waals surface area contributed by atoms with Gasteiger partial charge in [-0.15, -0.1) is 0 Å². The molecule has 40 heavy (non-hydrogen) atoms. The second-order valence-corrected chi connectivity index (χ2v) is 13.7. The summed E-state index contributed by atoms with van der Waals surface area (Å²) in [5.74, 6) is 1.13. The minimum atomic E-state index is -0.124. The van der Waals surface area contributed by atoms with Crippen molar-refractivity contribution in [3.63, 3.8) is 0 Å². The van der Waals surface area contributed by atoms with E-state index in [9.17, 15) is 15.3 Å². The van der Waals surface area contributed by atoms with Crippen LogP contribution in [0.4, 0.5) is 0 Å². The van der Waals surface area contributed by atoms with Crippen molar-refractivity contribution >= 4 is 0 Å². The number of phenols is 3. The molecule has 0 aromatic heterocycles. The highest BCUT2D eigenvalue weighted by Gasteiger charge is 2.33. The number of hydrogen-bond donors (Lipinski definition) is 3. The Balaban J connectivity index is 2.32. The minimum absolute atomic E-state index is 0.0456. The van der Waals surface area contributed by atoms with Crippen molar-refractivity contribution in [2.75, 3.05) is 0 Å². The Morgan fingerprint density at radius 3 is 1.15 bits per heavy atom. The standard InChI is InChI=1S/C37H52O3/c1-11-35(5,6)32-21-25(38)14-17-28(32)24(4)20-31(29-18-15-26(39)22-33(29)36(7,8)12-2)30-19-16-27(40)23-34(30)37(9,10)13-3/h14-19,21-24,31,38-40H,11-13,20H2,1-10H3. The first kappa shape index (κ1) is 31.6. The molecule has 3 aromatic rings. The van der Waals surface area contributed by atoms with Gasteiger partial charge in [0.25, 0.3) is 0 Å². The zero-order valence-electron chi connectivity index (χ0n) is 26.5. The highest BCUT2D eigenvalue weighted by Crippen LogP contribution is 2.47. The zero-order valence-corrected chi connectivity index (χ0v) is 26.5. The van der Waals surface area contributed by atoms with Crippen LogP contribution < -0.4 is 0 Å². The Kier molecular flexibility index (Phi) is 9.39. The van der Waals surface area contributed by atoms with Crippen molar-refractivity contribution in [3.8, 4) is 17.2 Å². The largest absolute Gasteiger partial charge is 0.508 e. The summed E-state index contributed by atoms with van der Waals surface area (Å²) in [7, 11) is 0. The summed E-state index contributed by atoms with van der Waals surface area (Å²) in [5, 5.41) is 31.6.